The zero-order valence-electron chi connectivity index (χ0n) is 18.2. The van der Waals surface area contributed by atoms with Gasteiger partial charge in [0, 0.05) is 28.0 Å². The lowest BCUT2D eigenvalue weighted by Crippen LogP contribution is -2.11. The monoisotopic (exact) mass is 512 g/mol. The molecule has 0 aliphatic carbocycles. The van der Waals surface area contributed by atoms with Gasteiger partial charge < -0.3 is 0 Å². The Balaban J connectivity index is 1.55. The highest BCUT2D eigenvalue weighted by molar-refractivity contribution is 7.91. The molecule has 174 valence electrons. The third-order valence-electron chi connectivity index (χ3n) is 6.25. The Bertz CT molecular complexity index is 1490. The van der Waals surface area contributed by atoms with Crippen LogP contribution in [0.3, 0.4) is 0 Å². The van der Waals surface area contributed by atoms with Crippen LogP contribution in [0.5, 0.6) is 0 Å². The van der Waals surface area contributed by atoms with Crippen LogP contribution >= 0.6 is 23.2 Å². The first-order valence-corrected chi connectivity index (χ1v) is 13.6. The van der Waals surface area contributed by atoms with Crippen LogP contribution in [-0.4, -0.2) is 35.5 Å². The van der Waals surface area contributed by atoms with E-state index in [0.29, 0.717) is 28.6 Å². The van der Waals surface area contributed by atoms with Gasteiger partial charge in [0.1, 0.15) is 5.69 Å². The number of rotatable bonds is 6. The fraction of sp³-hybridized carbons (Fsp3) is 0.231. The van der Waals surface area contributed by atoms with E-state index in [-0.39, 0.29) is 29.6 Å². The first-order valence-electron chi connectivity index (χ1n) is 11.0. The molecule has 0 radical (unpaired) electrons. The lowest BCUT2D eigenvalue weighted by Gasteiger charge is -2.08. The Kier molecular flexibility index (Phi) is 6.23. The largest absolute Gasteiger partial charge is 0.294 e. The van der Waals surface area contributed by atoms with Crippen molar-refractivity contribution in [3.8, 4) is 11.3 Å². The van der Waals surface area contributed by atoms with Gasteiger partial charge in [0.15, 0.2) is 15.6 Å². The number of ketones is 1. The zero-order valence-corrected chi connectivity index (χ0v) is 20.6. The molecule has 34 heavy (non-hydrogen) atoms. The molecule has 0 spiro atoms. The number of halogens is 2. The Labute approximate surface area is 208 Å². The number of hydrogen-bond donors (Lipinski definition) is 0. The minimum Gasteiger partial charge on any atom is -0.294 e. The summed E-state index contributed by atoms with van der Waals surface area (Å²) in [6, 6.07) is 20.7. The smallest absolute Gasteiger partial charge is 0.163 e. The molecule has 1 fully saturated rings. The number of carbonyl (C=O) groups excluding carboxylic acids is 1. The number of aromatic nitrogens is 2. The lowest BCUT2D eigenvalue weighted by atomic mass is 9.97. The SMILES string of the molecule is O=C(CC1CCS(=O)(=O)C1)c1ccc2c(-c3ccccc3Cl)nn(Cc3ccc(Cl)cc3)c2c1. The van der Waals surface area contributed by atoms with E-state index < -0.39 is 9.84 Å². The molecular formula is C26H22Cl2N2O3S. The van der Waals surface area contributed by atoms with E-state index in [1.165, 1.54) is 0 Å². The van der Waals surface area contributed by atoms with Crippen molar-refractivity contribution in [2.24, 2.45) is 5.92 Å². The average molecular weight is 513 g/mol. The average Bonchev–Trinajstić information content (AvgIpc) is 3.34. The second-order valence-electron chi connectivity index (χ2n) is 8.74. The van der Waals surface area contributed by atoms with Crippen LogP contribution in [-0.2, 0) is 16.4 Å². The topological polar surface area (TPSA) is 69.0 Å². The Hall–Kier alpha value is -2.67. The molecule has 5 rings (SSSR count). The number of carbonyl (C=O) groups is 1. The summed E-state index contributed by atoms with van der Waals surface area (Å²) in [5.41, 5.74) is 3.96. The number of hydrogen-bond acceptors (Lipinski definition) is 4. The normalized spacial score (nSPS) is 17.3. The van der Waals surface area contributed by atoms with Crippen molar-refractivity contribution in [2.45, 2.75) is 19.4 Å². The van der Waals surface area contributed by atoms with Crippen LogP contribution in [0.4, 0.5) is 0 Å². The number of benzene rings is 3. The predicted molar refractivity (Wildman–Crippen MR) is 136 cm³/mol. The summed E-state index contributed by atoms with van der Waals surface area (Å²) in [6.45, 7) is 0.497. The molecule has 3 aromatic carbocycles. The Morgan fingerprint density at radius 3 is 2.50 bits per heavy atom. The van der Waals surface area contributed by atoms with E-state index in [1.54, 1.807) is 6.07 Å². The maximum Gasteiger partial charge on any atom is 0.163 e. The summed E-state index contributed by atoms with van der Waals surface area (Å²) in [7, 11) is -3.02. The molecule has 5 nitrogen and oxygen atoms in total. The number of fused-ring (bicyclic) bond motifs is 1. The van der Waals surface area contributed by atoms with Crippen molar-refractivity contribution in [3.63, 3.8) is 0 Å². The molecule has 1 aliphatic heterocycles. The highest BCUT2D eigenvalue weighted by atomic mass is 35.5. The minimum absolute atomic E-state index is 0.0532. The van der Waals surface area contributed by atoms with Crippen LogP contribution in [0.25, 0.3) is 22.2 Å². The van der Waals surface area contributed by atoms with E-state index in [4.69, 9.17) is 28.3 Å². The fourth-order valence-corrected chi connectivity index (χ4v) is 6.71. The van der Waals surface area contributed by atoms with Gasteiger partial charge in [-0.2, -0.15) is 5.10 Å². The summed E-state index contributed by atoms with van der Waals surface area (Å²) >= 11 is 12.5. The number of nitrogens with zero attached hydrogens (tertiary/aromatic N) is 2. The molecule has 2 heterocycles. The van der Waals surface area contributed by atoms with E-state index >= 15 is 0 Å². The Morgan fingerprint density at radius 2 is 1.79 bits per heavy atom. The molecule has 1 unspecified atom stereocenters. The van der Waals surface area contributed by atoms with Crippen molar-refractivity contribution >= 4 is 49.7 Å². The van der Waals surface area contributed by atoms with Crippen molar-refractivity contribution < 1.29 is 13.2 Å². The highest BCUT2D eigenvalue weighted by Gasteiger charge is 2.30. The second kappa shape index (κ2) is 9.17. The summed E-state index contributed by atoms with van der Waals surface area (Å²) in [4.78, 5) is 13.0. The highest BCUT2D eigenvalue weighted by Crippen LogP contribution is 2.34. The zero-order chi connectivity index (χ0) is 23.9. The van der Waals surface area contributed by atoms with Crippen molar-refractivity contribution in [3.05, 3.63) is 87.9 Å². The molecular weight excluding hydrogens is 491 g/mol. The van der Waals surface area contributed by atoms with E-state index in [2.05, 4.69) is 0 Å². The van der Waals surface area contributed by atoms with Crippen LogP contribution in [0, 0.1) is 5.92 Å². The molecule has 0 amide bonds. The van der Waals surface area contributed by atoms with E-state index in [0.717, 1.165) is 27.7 Å². The molecule has 0 saturated carbocycles. The van der Waals surface area contributed by atoms with Gasteiger partial charge in [0.25, 0.3) is 0 Å². The fourth-order valence-electron chi connectivity index (χ4n) is 4.50. The molecule has 0 N–H and O–H groups in total. The predicted octanol–water partition coefficient (Wildman–Crippen LogP) is 6.07. The maximum absolute atomic E-state index is 13.0. The molecule has 1 aromatic heterocycles. The number of Topliss-reactive ketones (excluding diaryl/α,β-unsaturated/α-hetero) is 1. The first kappa shape index (κ1) is 23.1. The van der Waals surface area contributed by atoms with Gasteiger partial charge >= 0.3 is 0 Å². The quantitative estimate of drug-likeness (QED) is 0.294. The van der Waals surface area contributed by atoms with E-state index in [1.807, 2.05) is 65.3 Å². The molecule has 4 aromatic rings. The standard InChI is InChI=1S/C26H22Cl2N2O3S/c27-20-8-5-17(6-9-20)15-30-24-14-19(25(31)13-18-11-12-34(32,33)16-18)7-10-22(24)26(29-30)21-3-1-2-4-23(21)28/h1-10,14,18H,11-13,15-16H2. The summed E-state index contributed by atoms with van der Waals surface area (Å²) in [6.07, 6.45) is 0.773. The van der Waals surface area contributed by atoms with Crippen LogP contribution in [0.15, 0.2) is 66.7 Å². The minimum atomic E-state index is -3.02. The molecule has 1 saturated heterocycles. The molecule has 1 atom stereocenters. The molecule has 0 bridgehead atoms. The van der Waals surface area contributed by atoms with Crippen LogP contribution in [0.1, 0.15) is 28.8 Å². The molecule has 1 aliphatic rings. The first-order chi connectivity index (χ1) is 16.3. The van der Waals surface area contributed by atoms with Gasteiger partial charge in [-0.25, -0.2) is 8.42 Å². The third-order valence-corrected chi connectivity index (χ3v) is 8.67. The van der Waals surface area contributed by atoms with Crippen LogP contribution < -0.4 is 0 Å². The molecule has 8 heteroatoms. The van der Waals surface area contributed by atoms with Gasteiger partial charge in [-0.3, -0.25) is 9.48 Å². The van der Waals surface area contributed by atoms with Crippen molar-refractivity contribution in [1.29, 1.82) is 0 Å². The van der Waals surface area contributed by atoms with Gasteiger partial charge in [0.05, 0.1) is 28.6 Å². The van der Waals surface area contributed by atoms with E-state index in [9.17, 15) is 13.2 Å². The van der Waals surface area contributed by atoms with Gasteiger partial charge in [-0.1, -0.05) is 59.6 Å². The summed E-state index contributed by atoms with van der Waals surface area (Å²) in [5, 5.41) is 7.02. The van der Waals surface area contributed by atoms with Crippen LogP contribution in [0.2, 0.25) is 10.0 Å². The summed E-state index contributed by atoms with van der Waals surface area (Å²) in [5.74, 6) is 0.0824. The van der Waals surface area contributed by atoms with Crippen molar-refractivity contribution in [1.82, 2.24) is 9.78 Å². The lowest BCUT2D eigenvalue weighted by molar-refractivity contribution is 0.0966. The van der Waals surface area contributed by atoms with Crippen molar-refractivity contribution in [2.75, 3.05) is 11.5 Å². The Morgan fingerprint density at radius 1 is 1.03 bits per heavy atom. The van der Waals surface area contributed by atoms with Gasteiger partial charge in [-0.15, -0.1) is 0 Å². The number of sulfone groups is 1. The maximum atomic E-state index is 13.0. The van der Waals surface area contributed by atoms with Gasteiger partial charge in [-0.05, 0) is 48.2 Å². The third kappa shape index (κ3) is 4.76. The summed E-state index contributed by atoms with van der Waals surface area (Å²) < 4.78 is 25.5. The van der Waals surface area contributed by atoms with Gasteiger partial charge in [0.2, 0.25) is 0 Å². The second-order valence-corrected chi connectivity index (χ2v) is 11.8.